The molecule has 164 valence electrons. The lowest BCUT2D eigenvalue weighted by atomic mass is 9.96. The smallest absolute Gasteiger partial charge is 0.250 e. The zero-order valence-electron chi connectivity index (χ0n) is 20.6. The van der Waals surface area contributed by atoms with Crippen molar-refractivity contribution in [2.75, 3.05) is 0 Å². The Morgan fingerprint density at radius 3 is 1.90 bits per heavy atom. The molecule has 0 bridgehead atoms. The van der Waals surface area contributed by atoms with Gasteiger partial charge in [-0.25, -0.2) is 0 Å². The standard InChI is InChI=1S/C26H40O2Si2/c1-25(2,3)29(7,8)27-22-17-13-16-20-18-21(19-14-11-12-15-19)24(23(20)22)28-30(9,10)26(4,5)6/h11-19,24H,1-10H3. The van der Waals surface area contributed by atoms with Gasteiger partial charge in [0.15, 0.2) is 8.32 Å². The van der Waals surface area contributed by atoms with Crippen LogP contribution in [0.3, 0.4) is 0 Å². The second kappa shape index (κ2) is 7.65. The summed E-state index contributed by atoms with van der Waals surface area (Å²) < 4.78 is 13.9. The number of allylic oxidation sites excluding steroid dienone is 4. The molecule has 0 saturated carbocycles. The summed E-state index contributed by atoms with van der Waals surface area (Å²) >= 11 is 0. The Morgan fingerprint density at radius 2 is 1.37 bits per heavy atom. The van der Waals surface area contributed by atoms with Gasteiger partial charge in [0.2, 0.25) is 8.32 Å². The molecule has 0 aliphatic heterocycles. The van der Waals surface area contributed by atoms with Crippen LogP contribution in [0.5, 0.6) is 5.75 Å². The van der Waals surface area contributed by atoms with Crippen LogP contribution < -0.4 is 4.43 Å². The number of benzene rings is 1. The maximum atomic E-state index is 7.09. The molecule has 1 atom stereocenters. The normalized spacial score (nSPS) is 19.9. The minimum absolute atomic E-state index is 0.0424. The Hall–Kier alpha value is -1.37. The van der Waals surface area contributed by atoms with E-state index in [1.165, 1.54) is 16.7 Å². The average Bonchev–Trinajstić information content (AvgIpc) is 3.20. The highest BCUT2D eigenvalue weighted by atomic mass is 28.4. The van der Waals surface area contributed by atoms with Gasteiger partial charge in [-0.1, -0.05) is 84.1 Å². The van der Waals surface area contributed by atoms with Gasteiger partial charge < -0.3 is 8.85 Å². The van der Waals surface area contributed by atoms with Gasteiger partial charge in [-0.2, -0.15) is 0 Å². The van der Waals surface area contributed by atoms with E-state index < -0.39 is 16.6 Å². The van der Waals surface area contributed by atoms with E-state index in [2.05, 4.69) is 116 Å². The van der Waals surface area contributed by atoms with E-state index in [-0.39, 0.29) is 16.2 Å². The highest BCUT2D eigenvalue weighted by molar-refractivity contribution is 6.75. The first kappa shape index (κ1) is 23.3. The van der Waals surface area contributed by atoms with E-state index in [0.717, 1.165) is 5.75 Å². The van der Waals surface area contributed by atoms with E-state index in [4.69, 9.17) is 8.85 Å². The molecule has 0 radical (unpaired) electrons. The van der Waals surface area contributed by atoms with Gasteiger partial charge >= 0.3 is 0 Å². The van der Waals surface area contributed by atoms with E-state index in [9.17, 15) is 0 Å². The fraction of sp³-hybridized carbons (Fsp3) is 0.538. The van der Waals surface area contributed by atoms with Crippen molar-refractivity contribution in [3.05, 3.63) is 59.2 Å². The SMILES string of the molecule is CC(C)(C)[Si](C)(C)Oc1cccc2c1C(O[Si](C)(C)C(C)(C)C)C(C1C=CC=C1)=C2. The fourth-order valence-corrected chi connectivity index (χ4v) is 5.66. The number of rotatable bonds is 5. The summed E-state index contributed by atoms with van der Waals surface area (Å²) in [5.74, 6) is 1.31. The van der Waals surface area contributed by atoms with Gasteiger partial charge in [0.05, 0.1) is 6.10 Å². The monoisotopic (exact) mass is 440 g/mol. The lowest BCUT2D eigenvalue weighted by molar-refractivity contribution is 0.213. The van der Waals surface area contributed by atoms with Crippen LogP contribution in [0.25, 0.3) is 6.08 Å². The fourth-order valence-electron chi connectivity index (χ4n) is 3.43. The quantitative estimate of drug-likeness (QED) is 0.429. The van der Waals surface area contributed by atoms with Crippen LogP contribution in [0.4, 0.5) is 0 Å². The summed E-state index contributed by atoms with van der Waals surface area (Å²) in [6.07, 6.45) is 11.1. The molecular formula is C26H40O2Si2. The van der Waals surface area contributed by atoms with Crippen molar-refractivity contribution in [2.24, 2.45) is 5.92 Å². The Kier molecular flexibility index (Phi) is 5.94. The highest BCUT2D eigenvalue weighted by Gasteiger charge is 2.45. The van der Waals surface area contributed by atoms with Crippen LogP contribution in [-0.4, -0.2) is 16.6 Å². The highest BCUT2D eigenvalue weighted by Crippen LogP contribution is 2.51. The second-order valence-electron chi connectivity index (χ2n) is 11.8. The van der Waals surface area contributed by atoms with Crippen molar-refractivity contribution in [3.63, 3.8) is 0 Å². The zero-order chi connectivity index (χ0) is 22.5. The predicted molar refractivity (Wildman–Crippen MR) is 135 cm³/mol. The molecule has 0 spiro atoms. The van der Waals surface area contributed by atoms with Crippen LogP contribution in [0.2, 0.25) is 36.3 Å². The molecule has 1 aromatic carbocycles. The van der Waals surface area contributed by atoms with E-state index in [1.54, 1.807) is 0 Å². The van der Waals surface area contributed by atoms with Crippen molar-refractivity contribution < 1.29 is 8.85 Å². The van der Waals surface area contributed by atoms with Gasteiger partial charge in [0, 0.05) is 11.5 Å². The molecule has 3 rings (SSSR count). The van der Waals surface area contributed by atoms with Gasteiger partial charge in [0.25, 0.3) is 0 Å². The lowest BCUT2D eigenvalue weighted by Gasteiger charge is -2.41. The minimum Gasteiger partial charge on any atom is -0.543 e. The van der Waals surface area contributed by atoms with Gasteiger partial charge in [-0.3, -0.25) is 0 Å². The number of hydrogen-bond donors (Lipinski definition) is 0. The topological polar surface area (TPSA) is 18.5 Å². The molecule has 2 aliphatic rings. The lowest BCUT2D eigenvalue weighted by Crippen LogP contribution is -2.44. The Morgan fingerprint density at radius 1 is 0.800 bits per heavy atom. The van der Waals surface area contributed by atoms with Crippen LogP contribution >= 0.6 is 0 Å². The molecule has 0 amide bonds. The Bertz CT molecular complexity index is 881. The molecule has 0 saturated heterocycles. The Balaban J connectivity index is 2.07. The third-order valence-corrected chi connectivity index (χ3v) is 16.3. The molecule has 1 aromatic rings. The van der Waals surface area contributed by atoms with Crippen molar-refractivity contribution in [1.29, 1.82) is 0 Å². The Labute approximate surface area is 186 Å². The maximum Gasteiger partial charge on any atom is 0.250 e. The molecule has 0 fully saturated rings. The third kappa shape index (κ3) is 4.32. The molecule has 2 aliphatic carbocycles. The van der Waals surface area contributed by atoms with E-state index in [1.807, 2.05) is 0 Å². The van der Waals surface area contributed by atoms with Crippen molar-refractivity contribution in [3.8, 4) is 5.75 Å². The first-order valence-corrected chi connectivity index (χ1v) is 17.0. The van der Waals surface area contributed by atoms with Crippen LogP contribution in [0.15, 0.2) is 48.1 Å². The van der Waals surface area contributed by atoms with Gasteiger partial charge in [-0.05, 0) is 53.5 Å². The third-order valence-electron chi connectivity index (χ3n) is 7.51. The molecule has 0 aromatic heterocycles. The maximum absolute atomic E-state index is 7.09. The van der Waals surface area contributed by atoms with Gasteiger partial charge in [-0.15, -0.1) is 0 Å². The molecular weight excluding hydrogens is 400 g/mol. The summed E-state index contributed by atoms with van der Waals surface area (Å²) in [6.45, 7) is 23.2. The number of fused-ring (bicyclic) bond motifs is 1. The van der Waals surface area contributed by atoms with Gasteiger partial charge in [0.1, 0.15) is 5.75 Å². The molecule has 0 N–H and O–H groups in total. The van der Waals surface area contributed by atoms with Crippen LogP contribution in [-0.2, 0) is 4.43 Å². The summed E-state index contributed by atoms with van der Waals surface area (Å²) in [7, 11) is -3.94. The minimum atomic E-state index is -1.98. The van der Waals surface area contributed by atoms with Crippen molar-refractivity contribution >= 4 is 22.7 Å². The van der Waals surface area contributed by atoms with Crippen molar-refractivity contribution in [1.82, 2.24) is 0 Å². The molecule has 30 heavy (non-hydrogen) atoms. The first-order valence-electron chi connectivity index (χ1n) is 11.2. The van der Waals surface area contributed by atoms with E-state index in [0.29, 0.717) is 5.92 Å². The second-order valence-corrected chi connectivity index (χ2v) is 21.3. The first-order chi connectivity index (χ1) is 13.6. The summed E-state index contributed by atoms with van der Waals surface area (Å²) in [4.78, 5) is 0. The summed E-state index contributed by atoms with van der Waals surface area (Å²) in [5.41, 5.74) is 3.82. The largest absolute Gasteiger partial charge is 0.543 e. The molecule has 2 nitrogen and oxygen atoms in total. The average molecular weight is 441 g/mol. The number of hydrogen-bond acceptors (Lipinski definition) is 2. The molecule has 0 heterocycles. The van der Waals surface area contributed by atoms with Crippen LogP contribution in [0, 0.1) is 5.92 Å². The predicted octanol–water partition coefficient (Wildman–Crippen LogP) is 8.27. The molecule has 4 heteroatoms. The summed E-state index contributed by atoms with van der Waals surface area (Å²) in [5, 5.41) is 0.300. The summed E-state index contributed by atoms with van der Waals surface area (Å²) in [6, 6.07) is 6.49. The molecule has 1 unspecified atom stereocenters. The van der Waals surface area contributed by atoms with E-state index >= 15 is 0 Å². The van der Waals surface area contributed by atoms with Crippen LogP contribution in [0.1, 0.15) is 58.8 Å². The van der Waals surface area contributed by atoms with Crippen molar-refractivity contribution in [2.45, 2.75) is 83.9 Å². The zero-order valence-corrected chi connectivity index (χ0v) is 22.6.